The van der Waals surface area contributed by atoms with Crippen LogP contribution in [0.4, 0.5) is 0 Å². The van der Waals surface area contributed by atoms with E-state index in [-0.39, 0.29) is 11.8 Å². The summed E-state index contributed by atoms with van der Waals surface area (Å²) in [6, 6.07) is 15.5. The van der Waals surface area contributed by atoms with E-state index in [1.807, 2.05) is 54.7 Å². The van der Waals surface area contributed by atoms with Gasteiger partial charge >= 0.3 is 11.8 Å². The van der Waals surface area contributed by atoms with Crippen LogP contribution in [0, 0.1) is 0 Å². The molecule has 2 aromatic heterocycles. The van der Waals surface area contributed by atoms with Gasteiger partial charge in [0, 0.05) is 28.7 Å². The van der Waals surface area contributed by atoms with Crippen LogP contribution in [0.15, 0.2) is 59.1 Å². The van der Waals surface area contributed by atoms with E-state index in [1.165, 1.54) is 0 Å². The van der Waals surface area contributed by atoms with E-state index < -0.39 is 0 Å². The zero-order chi connectivity index (χ0) is 18.6. The summed E-state index contributed by atoms with van der Waals surface area (Å²) >= 11 is 6.06. The molecular formula is C20H17ClN4O2. The summed E-state index contributed by atoms with van der Waals surface area (Å²) in [6.07, 6.45) is 3.09. The lowest BCUT2D eigenvalue weighted by molar-refractivity contribution is 0.0918. The number of halogens is 1. The van der Waals surface area contributed by atoms with Gasteiger partial charge in [-0.3, -0.25) is 4.79 Å². The number of hydrogen-bond donors (Lipinski definition) is 2. The minimum Gasteiger partial charge on any atom is -0.417 e. The Morgan fingerprint density at radius 2 is 2.00 bits per heavy atom. The number of benzene rings is 2. The number of fused-ring (bicyclic) bond motifs is 1. The van der Waals surface area contributed by atoms with Gasteiger partial charge in [0.15, 0.2) is 0 Å². The summed E-state index contributed by atoms with van der Waals surface area (Å²) < 4.78 is 5.47. The molecular weight excluding hydrogens is 364 g/mol. The van der Waals surface area contributed by atoms with Crippen LogP contribution in [0.2, 0.25) is 5.02 Å². The summed E-state index contributed by atoms with van der Waals surface area (Å²) in [4.78, 5) is 15.4. The lowest BCUT2D eigenvalue weighted by atomic mass is 10.1. The second-order valence-corrected chi connectivity index (χ2v) is 6.61. The number of aromatic nitrogens is 3. The van der Waals surface area contributed by atoms with Crippen LogP contribution in [-0.2, 0) is 12.8 Å². The van der Waals surface area contributed by atoms with E-state index in [0.717, 1.165) is 22.0 Å². The highest BCUT2D eigenvalue weighted by Crippen LogP contribution is 2.22. The van der Waals surface area contributed by atoms with Gasteiger partial charge in [-0.25, -0.2) is 0 Å². The monoisotopic (exact) mass is 380 g/mol. The summed E-state index contributed by atoms with van der Waals surface area (Å²) in [6.45, 7) is 0.453. The molecule has 0 aliphatic rings. The van der Waals surface area contributed by atoms with Gasteiger partial charge in [-0.2, -0.15) is 0 Å². The number of rotatable bonds is 6. The van der Waals surface area contributed by atoms with Crippen LogP contribution in [0.1, 0.15) is 27.7 Å². The lowest BCUT2D eigenvalue weighted by Crippen LogP contribution is -2.25. The van der Waals surface area contributed by atoms with E-state index in [4.69, 9.17) is 16.0 Å². The molecule has 0 atom stereocenters. The lowest BCUT2D eigenvalue weighted by Gasteiger charge is -2.02. The maximum atomic E-state index is 12.2. The van der Waals surface area contributed by atoms with Crippen LogP contribution in [0.3, 0.4) is 0 Å². The molecule has 0 saturated carbocycles. The molecule has 2 N–H and O–H groups in total. The predicted molar refractivity (Wildman–Crippen MR) is 103 cm³/mol. The topological polar surface area (TPSA) is 83.8 Å². The third kappa shape index (κ3) is 4.01. The van der Waals surface area contributed by atoms with E-state index in [0.29, 0.717) is 30.3 Å². The summed E-state index contributed by atoms with van der Waals surface area (Å²) in [5, 5.41) is 12.3. The number of amides is 1. The summed E-state index contributed by atoms with van der Waals surface area (Å²) in [5.74, 6) is 0.0141. The molecule has 0 spiro atoms. The zero-order valence-electron chi connectivity index (χ0n) is 14.4. The molecule has 6 nitrogen and oxygen atoms in total. The van der Waals surface area contributed by atoms with Crippen molar-refractivity contribution < 1.29 is 9.21 Å². The highest BCUT2D eigenvalue weighted by Gasteiger charge is 2.15. The average Bonchev–Trinajstić information content (AvgIpc) is 3.30. The molecule has 1 amide bonds. The normalized spacial score (nSPS) is 11.0. The molecule has 0 aliphatic carbocycles. The van der Waals surface area contributed by atoms with Crippen LogP contribution in [-0.4, -0.2) is 27.6 Å². The van der Waals surface area contributed by atoms with Gasteiger partial charge in [-0.1, -0.05) is 41.9 Å². The molecule has 0 bridgehead atoms. The third-order valence-electron chi connectivity index (χ3n) is 4.27. The van der Waals surface area contributed by atoms with Crippen LogP contribution >= 0.6 is 11.6 Å². The van der Waals surface area contributed by atoms with Crippen LogP contribution in [0.25, 0.3) is 10.9 Å². The fourth-order valence-electron chi connectivity index (χ4n) is 2.93. The van der Waals surface area contributed by atoms with Crippen molar-refractivity contribution in [3.63, 3.8) is 0 Å². The number of aromatic amines is 1. The molecule has 2 aromatic carbocycles. The Labute approximate surface area is 160 Å². The summed E-state index contributed by atoms with van der Waals surface area (Å²) in [5.41, 5.74) is 3.15. The van der Waals surface area contributed by atoms with Gasteiger partial charge in [0.25, 0.3) is 0 Å². The molecule has 4 rings (SSSR count). The molecule has 0 saturated heterocycles. The van der Waals surface area contributed by atoms with Crippen LogP contribution < -0.4 is 5.32 Å². The van der Waals surface area contributed by atoms with Gasteiger partial charge < -0.3 is 14.7 Å². The van der Waals surface area contributed by atoms with E-state index >= 15 is 0 Å². The van der Waals surface area contributed by atoms with Gasteiger partial charge in [0.2, 0.25) is 5.89 Å². The van der Waals surface area contributed by atoms with E-state index in [9.17, 15) is 4.79 Å². The third-order valence-corrected chi connectivity index (χ3v) is 4.50. The Bertz CT molecular complexity index is 1070. The smallest absolute Gasteiger partial charge is 0.308 e. The van der Waals surface area contributed by atoms with Crippen molar-refractivity contribution >= 4 is 28.4 Å². The molecule has 2 heterocycles. The molecule has 7 heteroatoms. The number of carbonyl (C=O) groups excluding carboxylic acids is 1. The Morgan fingerprint density at radius 1 is 1.15 bits per heavy atom. The predicted octanol–water partition coefficient (Wildman–Crippen LogP) is 3.77. The van der Waals surface area contributed by atoms with Crippen molar-refractivity contribution in [1.82, 2.24) is 20.5 Å². The van der Waals surface area contributed by atoms with Crippen LogP contribution in [0.5, 0.6) is 0 Å². The Morgan fingerprint density at radius 3 is 2.85 bits per heavy atom. The fraction of sp³-hybridized carbons (Fsp3) is 0.150. The Balaban J connectivity index is 1.35. The Hall–Kier alpha value is -3.12. The number of H-pyrrole nitrogens is 1. The molecule has 0 radical (unpaired) electrons. The molecule has 4 aromatic rings. The maximum absolute atomic E-state index is 12.2. The van der Waals surface area contributed by atoms with Crippen molar-refractivity contribution in [2.75, 3.05) is 6.54 Å². The second-order valence-electron chi connectivity index (χ2n) is 6.17. The first kappa shape index (κ1) is 17.3. The second kappa shape index (κ2) is 7.63. The largest absolute Gasteiger partial charge is 0.417 e. The average molecular weight is 381 g/mol. The number of carbonyl (C=O) groups is 1. The van der Waals surface area contributed by atoms with Crippen molar-refractivity contribution in [1.29, 1.82) is 0 Å². The standard InChI is InChI=1S/C20H17ClN4O2/c21-15-6-7-17-16(11-15)14(12-23-17)8-9-22-19(26)20-25-24-18(27-20)10-13-4-2-1-3-5-13/h1-7,11-12,23H,8-10H2,(H,22,26). The highest BCUT2D eigenvalue weighted by atomic mass is 35.5. The number of hydrogen-bond acceptors (Lipinski definition) is 4. The van der Waals surface area contributed by atoms with Gasteiger partial charge in [-0.15, -0.1) is 10.2 Å². The van der Waals surface area contributed by atoms with E-state index in [2.05, 4.69) is 20.5 Å². The summed E-state index contributed by atoms with van der Waals surface area (Å²) in [7, 11) is 0. The molecule has 136 valence electrons. The first-order chi connectivity index (χ1) is 13.2. The number of nitrogens with zero attached hydrogens (tertiary/aromatic N) is 2. The first-order valence-electron chi connectivity index (χ1n) is 8.59. The minimum absolute atomic E-state index is 0.0251. The SMILES string of the molecule is O=C(NCCc1c[nH]c2ccc(Cl)cc12)c1nnc(Cc2ccccc2)o1. The Kier molecular flexibility index (Phi) is 4.89. The molecule has 27 heavy (non-hydrogen) atoms. The van der Waals surface area contributed by atoms with Crippen molar-refractivity contribution in [3.8, 4) is 0 Å². The van der Waals surface area contributed by atoms with Crippen molar-refractivity contribution in [2.45, 2.75) is 12.8 Å². The van der Waals surface area contributed by atoms with Gasteiger partial charge in [-0.05, 0) is 35.7 Å². The molecule has 0 aliphatic heterocycles. The fourth-order valence-corrected chi connectivity index (χ4v) is 3.10. The maximum Gasteiger partial charge on any atom is 0.308 e. The van der Waals surface area contributed by atoms with E-state index in [1.54, 1.807) is 0 Å². The van der Waals surface area contributed by atoms with Crippen molar-refractivity contribution in [2.24, 2.45) is 0 Å². The van der Waals surface area contributed by atoms with Gasteiger partial charge in [0.05, 0.1) is 6.42 Å². The first-order valence-corrected chi connectivity index (χ1v) is 8.97. The number of nitrogens with one attached hydrogen (secondary N) is 2. The van der Waals surface area contributed by atoms with Crippen molar-refractivity contribution in [3.05, 3.63) is 82.7 Å². The highest BCUT2D eigenvalue weighted by molar-refractivity contribution is 6.31. The zero-order valence-corrected chi connectivity index (χ0v) is 15.2. The quantitative estimate of drug-likeness (QED) is 0.533. The molecule has 0 fully saturated rings. The minimum atomic E-state index is -0.375. The van der Waals surface area contributed by atoms with Gasteiger partial charge in [0.1, 0.15) is 0 Å². The molecule has 0 unspecified atom stereocenters.